The molecule has 1 aromatic rings. The van der Waals surface area contributed by atoms with Crippen molar-refractivity contribution in [1.29, 1.82) is 0 Å². The van der Waals surface area contributed by atoms with E-state index in [0.717, 1.165) is 0 Å². The minimum atomic E-state index is -5.09. The van der Waals surface area contributed by atoms with Crippen molar-refractivity contribution in [3.05, 3.63) is 35.4 Å². The standard InChI is InChI=1S/C12H12F3NO3/c1-8-4-2-3-5-9(8)6-16(7-10(17)18)11(19)12(13,14)15/h2-5H,6-7H2,1H3,(H,17,18). The van der Waals surface area contributed by atoms with E-state index >= 15 is 0 Å². The Kier molecular flexibility index (Phi) is 4.52. The maximum atomic E-state index is 12.4. The number of nitrogens with zero attached hydrogens (tertiary/aromatic N) is 1. The van der Waals surface area contributed by atoms with Crippen LogP contribution in [0, 0.1) is 6.92 Å². The number of carbonyl (C=O) groups excluding carboxylic acids is 1. The summed E-state index contributed by atoms with van der Waals surface area (Å²) in [7, 11) is 0. The molecule has 19 heavy (non-hydrogen) atoms. The molecule has 0 heterocycles. The molecule has 1 rings (SSSR count). The third-order valence-electron chi connectivity index (χ3n) is 2.48. The predicted octanol–water partition coefficient (Wildman–Crippen LogP) is 1.97. The molecular weight excluding hydrogens is 263 g/mol. The van der Waals surface area contributed by atoms with Gasteiger partial charge in [0.05, 0.1) is 0 Å². The molecule has 0 atom stereocenters. The zero-order chi connectivity index (χ0) is 14.6. The van der Waals surface area contributed by atoms with Crippen molar-refractivity contribution >= 4 is 11.9 Å². The minimum Gasteiger partial charge on any atom is -0.480 e. The molecule has 0 bridgehead atoms. The van der Waals surface area contributed by atoms with E-state index in [2.05, 4.69) is 0 Å². The Labute approximate surface area is 107 Å². The number of halogens is 3. The maximum absolute atomic E-state index is 12.4. The maximum Gasteiger partial charge on any atom is 0.471 e. The van der Waals surface area contributed by atoms with E-state index in [-0.39, 0.29) is 4.90 Å². The van der Waals surface area contributed by atoms with Gasteiger partial charge in [0.1, 0.15) is 6.54 Å². The van der Waals surface area contributed by atoms with Crippen molar-refractivity contribution in [3.63, 3.8) is 0 Å². The summed E-state index contributed by atoms with van der Waals surface area (Å²) < 4.78 is 37.1. The Balaban J connectivity index is 2.96. The van der Waals surface area contributed by atoms with Crippen LogP contribution in [-0.2, 0) is 16.1 Å². The van der Waals surface area contributed by atoms with Gasteiger partial charge in [0, 0.05) is 6.54 Å². The van der Waals surface area contributed by atoms with Crippen LogP contribution in [0.4, 0.5) is 13.2 Å². The lowest BCUT2D eigenvalue weighted by molar-refractivity contribution is -0.187. The van der Waals surface area contributed by atoms with Crippen LogP contribution in [0.2, 0.25) is 0 Å². The van der Waals surface area contributed by atoms with E-state index in [4.69, 9.17) is 5.11 Å². The molecule has 0 saturated carbocycles. The highest BCUT2D eigenvalue weighted by atomic mass is 19.4. The number of alkyl halides is 3. The zero-order valence-electron chi connectivity index (χ0n) is 10.1. The molecule has 0 saturated heterocycles. The van der Waals surface area contributed by atoms with Gasteiger partial charge in [-0.05, 0) is 18.1 Å². The molecule has 1 aromatic carbocycles. The largest absolute Gasteiger partial charge is 0.480 e. The highest BCUT2D eigenvalue weighted by Crippen LogP contribution is 2.20. The second-order valence-electron chi connectivity index (χ2n) is 3.98. The van der Waals surface area contributed by atoms with Crippen LogP contribution < -0.4 is 0 Å². The number of carboxylic acids is 1. The van der Waals surface area contributed by atoms with E-state index in [1.807, 2.05) is 0 Å². The lowest BCUT2D eigenvalue weighted by atomic mass is 10.1. The van der Waals surface area contributed by atoms with Crippen LogP contribution in [0.15, 0.2) is 24.3 Å². The second kappa shape index (κ2) is 5.73. The molecule has 0 fully saturated rings. The summed E-state index contributed by atoms with van der Waals surface area (Å²) >= 11 is 0. The van der Waals surface area contributed by atoms with Crippen molar-refractivity contribution in [2.45, 2.75) is 19.6 Å². The van der Waals surface area contributed by atoms with E-state index < -0.39 is 31.1 Å². The topological polar surface area (TPSA) is 57.6 Å². The molecule has 0 radical (unpaired) electrons. The molecule has 0 aliphatic carbocycles. The van der Waals surface area contributed by atoms with Gasteiger partial charge in [-0.15, -0.1) is 0 Å². The fraction of sp³-hybridized carbons (Fsp3) is 0.333. The van der Waals surface area contributed by atoms with Gasteiger partial charge in [-0.25, -0.2) is 0 Å². The fourth-order valence-electron chi connectivity index (χ4n) is 1.54. The van der Waals surface area contributed by atoms with Gasteiger partial charge in [0.25, 0.3) is 0 Å². The lowest BCUT2D eigenvalue weighted by Gasteiger charge is -2.22. The summed E-state index contributed by atoms with van der Waals surface area (Å²) in [4.78, 5) is 22.0. The number of aryl methyl sites for hydroxylation is 1. The van der Waals surface area contributed by atoms with Gasteiger partial charge in [0.15, 0.2) is 0 Å². The number of hydrogen-bond acceptors (Lipinski definition) is 2. The molecule has 0 unspecified atom stereocenters. The lowest BCUT2D eigenvalue weighted by Crippen LogP contribution is -2.43. The summed E-state index contributed by atoms with van der Waals surface area (Å²) in [5, 5.41) is 8.58. The van der Waals surface area contributed by atoms with Crippen molar-refractivity contribution < 1.29 is 27.9 Å². The third kappa shape index (κ3) is 4.27. The van der Waals surface area contributed by atoms with Gasteiger partial charge < -0.3 is 10.0 Å². The Morgan fingerprint density at radius 3 is 2.32 bits per heavy atom. The first-order chi connectivity index (χ1) is 8.71. The highest BCUT2D eigenvalue weighted by Gasteiger charge is 2.43. The number of aliphatic carboxylic acids is 1. The van der Waals surface area contributed by atoms with Crippen molar-refractivity contribution in [1.82, 2.24) is 4.90 Å². The quantitative estimate of drug-likeness (QED) is 0.914. The van der Waals surface area contributed by atoms with E-state index in [1.54, 1.807) is 31.2 Å². The SMILES string of the molecule is Cc1ccccc1CN(CC(=O)O)C(=O)C(F)(F)F. The monoisotopic (exact) mass is 275 g/mol. The second-order valence-corrected chi connectivity index (χ2v) is 3.98. The third-order valence-corrected chi connectivity index (χ3v) is 2.48. The van der Waals surface area contributed by atoms with Gasteiger partial charge >= 0.3 is 18.1 Å². The molecule has 0 aliphatic heterocycles. The Morgan fingerprint density at radius 2 is 1.84 bits per heavy atom. The first kappa shape index (κ1) is 15.0. The van der Waals surface area contributed by atoms with Crippen LogP contribution in [0.25, 0.3) is 0 Å². The Morgan fingerprint density at radius 1 is 1.26 bits per heavy atom. The normalized spacial score (nSPS) is 11.2. The van der Waals surface area contributed by atoms with Gasteiger partial charge in [0.2, 0.25) is 0 Å². The Hall–Kier alpha value is -2.05. The average molecular weight is 275 g/mol. The average Bonchev–Trinajstić information content (AvgIpc) is 2.28. The van der Waals surface area contributed by atoms with Crippen LogP contribution in [0.3, 0.4) is 0 Å². The first-order valence-electron chi connectivity index (χ1n) is 5.34. The van der Waals surface area contributed by atoms with Crippen LogP contribution in [0.5, 0.6) is 0 Å². The molecule has 1 N–H and O–H groups in total. The van der Waals surface area contributed by atoms with E-state index in [0.29, 0.717) is 11.1 Å². The number of benzene rings is 1. The molecule has 0 aromatic heterocycles. The smallest absolute Gasteiger partial charge is 0.471 e. The number of carbonyl (C=O) groups is 2. The summed E-state index contributed by atoms with van der Waals surface area (Å²) in [6.45, 7) is 0.288. The molecule has 1 amide bonds. The Bertz CT molecular complexity index is 485. The zero-order valence-corrected chi connectivity index (χ0v) is 10.1. The molecule has 104 valence electrons. The van der Waals surface area contributed by atoms with Gasteiger partial charge in [-0.2, -0.15) is 13.2 Å². The number of hydrogen-bond donors (Lipinski definition) is 1. The molecule has 7 heteroatoms. The number of carboxylic acid groups (broad SMARTS) is 1. The van der Waals surface area contributed by atoms with Crippen LogP contribution in [-0.4, -0.2) is 34.6 Å². The van der Waals surface area contributed by atoms with Gasteiger partial charge in [-0.1, -0.05) is 24.3 Å². The van der Waals surface area contributed by atoms with Crippen LogP contribution in [0.1, 0.15) is 11.1 Å². The minimum absolute atomic E-state index is 0.269. The fourth-order valence-corrected chi connectivity index (χ4v) is 1.54. The van der Waals surface area contributed by atoms with E-state index in [9.17, 15) is 22.8 Å². The van der Waals surface area contributed by atoms with Crippen molar-refractivity contribution in [3.8, 4) is 0 Å². The van der Waals surface area contributed by atoms with Crippen LogP contribution >= 0.6 is 0 Å². The van der Waals surface area contributed by atoms with Gasteiger partial charge in [-0.3, -0.25) is 9.59 Å². The highest BCUT2D eigenvalue weighted by molar-refractivity contribution is 5.85. The number of amides is 1. The molecular formula is C12H12F3NO3. The summed E-state index contributed by atoms with van der Waals surface area (Å²) in [6, 6.07) is 6.53. The van der Waals surface area contributed by atoms with Crippen molar-refractivity contribution in [2.75, 3.05) is 6.54 Å². The summed E-state index contributed by atoms with van der Waals surface area (Å²) in [6.07, 6.45) is -5.09. The molecule has 4 nitrogen and oxygen atoms in total. The summed E-state index contributed by atoms with van der Waals surface area (Å²) in [5.74, 6) is -3.65. The number of rotatable bonds is 4. The predicted molar refractivity (Wildman–Crippen MR) is 60.3 cm³/mol. The molecule has 0 aliphatic rings. The van der Waals surface area contributed by atoms with E-state index in [1.165, 1.54) is 0 Å². The summed E-state index contributed by atoms with van der Waals surface area (Å²) in [5.41, 5.74) is 1.16. The molecule has 0 spiro atoms. The van der Waals surface area contributed by atoms with Crippen molar-refractivity contribution in [2.24, 2.45) is 0 Å². The first-order valence-corrected chi connectivity index (χ1v) is 5.34.